The molecule has 41 heteroatoms. The van der Waals surface area contributed by atoms with E-state index >= 15 is 0 Å². The van der Waals surface area contributed by atoms with E-state index < -0.39 is 48.7 Å². The lowest BCUT2D eigenvalue weighted by Crippen LogP contribution is -2.47. The molecule has 41 nitrogen and oxygen atoms in total. The van der Waals surface area contributed by atoms with Crippen molar-refractivity contribution in [1.82, 2.24) is 47.9 Å². The van der Waals surface area contributed by atoms with Crippen LogP contribution < -0.4 is 47.9 Å². The van der Waals surface area contributed by atoms with E-state index in [0.29, 0.717) is 131 Å². The Balaban J connectivity index is -0.000000218. The van der Waals surface area contributed by atoms with Gasteiger partial charge in [0.1, 0.15) is 76.2 Å². The van der Waals surface area contributed by atoms with Crippen molar-refractivity contribution >= 4 is 54.3 Å². The van der Waals surface area contributed by atoms with Gasteiger partial charge in [-0.3, -0.25) is 14.4 Å². The molecule has 0 aromatic carbocycles. The largest absolute Gasteiger partial charge is 0.453 e. The first kappa shape index (κ1) is 136. The Kier molecular flexibility index (Phi) is 126. The van der Waals surface area contributed by atoms with Gasteiger partial charge in [0.15, 0.2) is 0 Å². The molecule has 9 amide bonds. The van der Waals surface area contributed by atoms with E-state index in [4.69, 9.17) is 99.5 Å². The van der Waals surface area contributed by atoms with Crippen LogP contribution in [0.5, 0.6) is 0 Å². The van der Waals surface area contributed by atoms with Crippen LogP contribution in [0.1, 0.15) is 184 Å². The number of alkyl carbamates (subject to hydrolysis) is 6. The highest BCUT2D eigenvalue weighted by Crippen LogP contribution is 2.05. The van der Waals surface area contributed by atoms with Crippen molar-refractivity contribution in [3.8, 4) is 0 Å². The van der Waals surface area contributed by atoms with Crippen LogP contribution in [-0.2, 0) is 123 Å². The van der Waals surface area contributed by atoms with Crippen molar-refractivity contribution in [3.63, 3.8) is 0 Å². The molecule has 0 rings (SSSR count). The molecule has 9 N–H and O–H groups in total. The van der Waals surface area contributed by atoms with Crippen LogP contribution in [0.2, 0.25) is 0 Å². The standard InChI is InChI=1S/C14H27N3O5.C14H29NO5.2C13H27NO5.C12H25NO5.C11H22N2O5.C5H12O.C4H10O/c1-4-5-9-15-12(18)11(17-14(20)22-3)8-6-7-10-16-13(19)21-2;1-4-5-8-19-9-6-7-15-14(16)12-20-11-13(18-3)10-17-2;1-4-7-18-8-5-6-14-13(15)11-19-10-12(17-3)9-16-2;1-4-5-8-18-9-6-7-14-13(15)19-11-12(17-3)10-16-2;1-4-7-17-8-5-6-13-12(14)18-10-11(16-3)9-15-2;1-4-5-6-16-9(7-17-10(14)12-2)8-18-11(15)13-3;1-3-4-5-6-2;1-3-4-5-2/h11H,4-10H2,1-3H3,(H,15,18)(H,16,19)(H,17,20);13H,4-12H2,1-3H3,(H,15,16);2*12H,4-11H2,1-3H3,(H,14,15);11H,4-10H2,1-3H3,(H,13,14);9H,4-8H2,1-3H3,(H,12,14)(H,13,15);3-5H2,1-2H3;3-4H2,1-2H3/t11-;;;;;;;/m0......./s1. The number of hydrogen-bond acceptors (Lipinski definition) is 32. The van der Waals surface area contributed by atoms with Gasteiger partial charge in [0.25, 0.3) is 0 Å². The topological polar surface area (TPSA) is 474 Å². The highest BCUT2D eigenvalue weighted by Gasteiger charge is 2.21. The van der Waals surface area contributed by atoms with Gasteiger partial charge in [-0.1, -0.05) is 87.5 Å². The fraction of sp³-hybridized carbons (Fsp3) is 0.895. The average molecular weight is 1850 g/mol. The molecule has 0 bridgehead atoms. The zero-order valence-electron chi connectivity index (χ0n) is 82.2. The van der Waals surface area contributed by atoms with E-state index in [1.165, 1.54) is 41.2 Å². The van der Waals surface area contributed by atoms with Gasteiger partial charge in [-0.15, -0.1) is 0 Å². The quantitative estimate of drug-likeness (QED) is 0.0203. The second-order valence-corrected chi connectivity index (χ2v) is 27.2. The van der Waals surface area contributed by atoms with E-state index in [9.17, 15) is 43.2 Å². The molecule has 127 heavy (non-hydrogen) atoms. The third-order valence-corrected chi connectivity index (χ3v) is 15.8. The Labute approximate surface area is 762 Å². The second-order valence-electron chi connectivity index (χ2n) is 27.2. The lowest BCUT2D eigenvalue weighted by atomic mass is 10.1. The Hall–Kier alpha value is -6.65. The molecule has 760 valence electrons. The molecule has 0 aliphatic rings. The fourth-order valence-electron chi connectivity index (χ4n) is 8.54. The van der Waals surface area contributed by atoms with Gasteiger partial charge in [-0.25, -0.2) is 28.8 Å². The normalized spacial score (nSPS) is 11.5. The minimum Gasteiger partial charge on any atom is -0.453 e. The number of carbonyl (C=O) groups is 9. The number of hydrogen-bond donors (Lipinski definition) is 9. The summed E-state index contributed by atoms with van der Waals surface area (Å²) in [6.45, 7) is 31.1. The molecule has 0 fully saturated rings. The van der Waals surface area contributed by atoms with Crippen LogP contribution in [-0.4, -0.2) is 381 Å². The zero-order chi connectivity index (χ0) is 96.9. The molecular formula is C86H179N9O32. The predicted octanol–water partition coefficient (Wildman–Crippen LogP) is 8.87. The number of unbranched alkanes of at least 4 members (excludes halogenated alkanes) is 6. The summed E-state index contributed by atoms with van der Waals surface area (Å²) in [5.74, 6) is -0.464. The van der Waals surface area contributed by atoms with E-state index in [2.05, 4.69) is 98.9 Å². The van der Waals surface area contributed by atoms with Gasteiger partial charge < -0.3 is 157 Å². The molecule has 0 aromatic heterocycles. The summed E-state index contributed by atoms with van der Waals surface area (Å²) in [6, 6.07) is -0.637. The number of rotatable bonds is 73. The molecule has 4 unspecified atom stereocenters. The van der Waals surface area contributed by atoms with Crippen LogP contribution in [0, 0.1) is 0 Å². The minimum absolute atomic E-state index is 0.0411. The van der Waals surface area contributed by atoms with Crippen LogP contribution >= 0.6 is 0 Å². The first-order chi connectivity index (χ1) is 61.5. The van der Waals surface area contributed by atoms with Gasteiger partial charge in [-0.05, 0) is 96.3 Å². The highest BCUT2D eigenvalue weighted by atomic mass is 16.6. The second kappa shape index (κ2) is 117. The summed E-state index contributed by atoms with van der Waals surface area (Å²) in [5, 5.41) is 23.4. The van der Waals surface area contributed by atoms with Gasteiger partial charge in [0, 0.05) is 197 Å². The van der Waals surface area contributed by atoms with Gasteiger partial charge >= 0.3 is 36.6 Å². The summed E-state index contributed by atoms with van der Waals surface area (Å²) in [7, 11) is 21.6. The molecule has 5 atom stereocenters. The third-order valence-electron chi connectivity index (χ3n) is 15.8. The van der Waals surface area contributed by atoms with Crippen LogP contribution in [0.3, 0.4) is 0 Å². The number of nitrogens with one attached hydrogen (secondary N) is 9. The maximum atomic E-state index is 12.0. The van der Waals surface area contributed by atoms with Crippen LogP contribution in [0.25, 0.3) is 0 Å². The lowest BCUT2D eigenvalue weighted by molar-refractivity contribution is -0.128. The molecular weight excluding hydrogens is 1670 g/mol. The number of carbonyl (C=O) groups excluding carboxylic acids is 9. The molecule has 0 saturated heterocycles. The van der Waals surface area contributed by atoms with Crippen LogP contribution in [0.4, 0.5) is 28.8 Å². The number of amides is 9. The first-order valence-electron chi connectivity index (χ1n) is 44.6. The zero-order valence-corrected chi connectivity index (χ0v) is 82.2. The Morgan fingerprint density at radius 1 is 0.252 bits per heavy atom. The van der Waals surface area contributed by atoms with Crippen molar-refractivity contribution in [2.24, 2.45) is 0 Å². The van der Waals surface area contributed by atoms with Crippen molar-refractivity contribution in [1.29, 1.82) is 0 Å². The summed E-state index contributed by atoms with van der Waals surface area (Å²) in [4.78, 5) is 102. The maximum absolute atomic E-state index is 12.0. The molecule has 0 aliphatic heterocycles. The molecule has 0 radical (unpaired) electrons. The summed E-state index contributed by atoms with van der Waals surface area (Å²) >= 11 is 0. The SMILES string of the molecule is CCCCNC(=O)[C@H](CCCCNC(=O)OC)NC(=O)OC.CCCCOC.CCCCOC(COC(=O)NC)COC(=O)NC.CCCCOCCCNC(=O)COCC(COC)OC.CCCCOCCCNC(=O)OCC(COC)OC.CCCOC.CCCOCCCNC(=O)COCC(COC)OC.CCCOCCCNC(=O)OCC(COC)OC. The van der Waals surface area contributed by atoms with Crippen molar-refractivity contribution < 1.29 is 152 Å². The molecule has 0 aliphatic carbocycles. The summed E-state index contributed by atoms with van der Waals surface area (Å²) < 4.78 is 116. The first-order valence-corrected chi connectivity index (χ1v) is 44.6. The Morgan fingerprint density at radius 2 is 0.567 bits per heavy atom. The molecule has 0 spiro atoms. The van der Waals surface area contributed by atoms with E-state index in [-0.39, 0.29) is 81.8 Å². The van der Waals surface area contributed by atoms with Crippen LogP contribution in [0.15, 0.2) is 0 Å². The maximum Gasteiger partial charge on any atom is 0.407 e. The summed E-state index contributed by atoms with van der Waals surface area (Å²) in [6.07, 6.45) is 14.5. The van der Waals surface area contributed by atoms with Crippen molar-refractivity contribution in [2.75, 3.05) is 291 Å². The summed E-state index contributed by atoms with van der Waals surface area (Å²) in [5.41, 5.74) is 0. The Morgan fingerprint density at radius 3 is 0.898 bits per heavy atom. The van der Waals surface area contributed by atoms with Gasteiger partial charge in [-0.2, -0.15) is 0 Å². The molecule has 0 aromatic rings. The monoisotopic (exact) mass is 1850 g/mol. The molecule has 0 saturated carbocycles. The fourth-order valence-corrected chi connectivity index (χ4v) is 8.54. The van der Waals surface area contributed by atoms with Gasteiger partial charge in [0.05, 0.1) is 53.9 Å². The minimum atomic E-state index is -0.637. The lowest BCUT2D eigenvalue weighted by Gasteiger charge is -2.17. The van der Waals surface area contributed by atoms with E-state index in [0.717, 1.165) is 136 Å². The van der Waals surface area contributed by atoms with Gasteiger partial charge in [0.2, 0.25) is 17.7 Å². The highest BCUT2D eigenvalue weighted by molar-refractivity contribution is 5.85. The van der Waals surface area contributed by atoms with Crippen molar-refractivity contribution in [3.05, 3.63) is 0 Å². The molecule has 0 heterocycles. The average Bonchev–Trinajstić information content (AvgIpc) is 0.922. The third kappa shape index (κ3) is 117. The Bertz CT molecular complexity index is 2310. The van der Waals surface area contributed by atoms with E-state index in [1.54, 1.807) is 71.1 Å². The number of ether oxygens (including phenoxy) is 23. The van der Waals surface area contributed by atoms with E-state index in [1.807, 2.05) is 13.8 Å². The number of methoxy groups -OCH3 is 12. The predicted molar refractivity (Wildman–Crippen MR) is 485 cm³/mol. The van der Waals surface area contributed by atoms with Crippen molar-refractivity contribution in [2.45, 2.75) is 220 Å². The smallest absolute Gasteiger partial charge is 0.407 e.